The van der Waals surface area contributed by atoms with Gasteiger partial charge in [0.25, 0.3) is 11.8 Å². The van der Waals surface area contributed by atoms with Crippen molar-refractivity contribution in [3.63, 3.8) is 0 Å². The highest BCUT2D eigenvalue weighted by molar-refractivity contribution is 9.10. The summed E-state index contributed by atoms with van der Waals surface area (Å²) >= 11 is 3.43. The van der Waals surface area contributed by atoms with Gasteiger partial charge in [0, 0.05) is 5.69 Å². The van der Waals surface area contributed by atoms with E-state index in [1.54, 1.807) is 12.1 Å². The van der Waals surface area contributed by atoms with Crippen LogP contribution in [0.15, 0.2) is 76.8 Å². The molecule has 3 aromatic rings. The van der Waals surface area contributed by atoms with Crippen LogP contribution < -0.4 is 20.1 Å². The van der Waals surface area contributed by atoms with E-state index < -0.39 is 5.91 Å². The summed E-state index contributed by atoms with van der Waals surface area (Å²) < 4.78 is 11.6. The lowest BCUT2D eigenvalue weighted by molar-refractivity contribution is -0.118. The van der Waals surface area contributed by atoms with Gasteiger partial charge in [0.2, 0.25) is 0 Å². The number of hydrogen-bond acceptors (Lipinski definition) is 5. The molecule has 36 heavy (non-hydrogen) atoms. The molecule has 0 aliphatic heterocycles. The van der Waals surface area contributed by atoms with Crippen molar-refractivity contribution in [3.8, 4) is 17.6 Å². The predicted molar refractivity (Wildman–Crippen MR) is 143 cm³/mol. The van der Waals surface area contributed by atoms with Crippen LogP contribution in [0.4, 0.5) is 5.69 Å². The first-order chi connectivity index (χ1) is 17.3. The number of amides is 2. The standard InChI is InChI=1S/C28H26BrN3O4/c1-18-9-11-23(12-10-18)32-26(33)17-36-27-24(29)14-20(15-25(27)35-3)13-22(16-30)28(34)31-19(2)21-7-5-4-6-8-21/h4-15,19H,17H2,1-3H3,(H,31,34)(H,32,33)/b22-13-/t19-/m0/s1. The number of benzene rings is 3. The minimum absolute atomic E-state index is 0.0575. The Hall–Kier alpha value is -4.09. The normalized spacial score (nSPS) is 11.7. The number of nitrogens with zero attached hydrogens (tertiary/aromatic N) is 1. The van der Waals surface area contributed by atoms with Crippen LogP contribution in [0.25, 0.3) is 6.08 Å². The SMILES string of the molecule is COc1cc(/C=C(/C#N)C(=O)N[C@@H](C)c2ccccc2)cc(Br)c1OCC(=O)Nc1ccc(C)cc1. The van der Waals surface area contributed by atoms with E-state index in [0.29, 0.717) is 27.2 Å². The first kappa shape index (κ1) is 26.5. The summed E-state index contributed by atoms with van der Waals surface area (Å²) in [5.41, 5.74) is 3.19. The van der Waals surface area contributed by atoms with Gasteiger partial charge in [0.15, 0.2) is 18.1 Å². The Balaban J connectivity index is 1.71. The second kappa shape index (κ2) is 12.6. The fourth-order valence-corrected chi connectivity index (χ4v) is 3.92. The van der Waals surface area contributed by atoms with Gasteiger partial charge in [0.05, 0.1) is 17.6 Å². The Labute approximate surface area is 218 Å². The number of halogens is 1. The van der Waals surface area contributed by atoms with Crippen molar-refractivity contribution in [1.29, 1.82) is 5.26 Å². The summed E-state index contributed by atoms with van der Waals surface area (Å²) in [6.07, 6.45) is 1.47. The minimum atomic E-state index is -0.489. The zero-order chi connectivity index (χ0) is 26.1. The third-order valence-corrected chi connectivity index (χ3v) is 5.85. The number of nitriles is 1. The van der Waals surface area contributed by atoms with Crippen LogP contribution in [-0.2, 0) is 9.59 Å². The van der Waals surface area contributed by atoms with Gasteiger partial charge < -0.3 is 20.1 Å². The van der Waals surface area contributed by atoms with E-state index in [1.807, 2.05) is 74.5 Å². The second-order valence-corrected chi connectivity index (χ2v) is 8.87. The summed E-state index contributed by atoms with van der Waals surface area (Å²) in [6.45, 7) is 3.58. The van der Waals surface area contributed by atoms with Gasteiger partial charge in [-0.1, -0.05) is 48.0 Å². The molecule has 0 aromatic heterocycles. The maximum absolute atomic E-state index is 12.7. The molecule has 3 rings (SSSR count). The smallest absolute Gasteiger partial charge is 0.262 e. The van der Waals surface area contributed by atoms with Gasteiger partial charge in [0.1, 0.15) is 11.6 Å². The molecule has 0 heterocycles. The highest BCUT2D eigenvalue weighted by atomic mass is 79.9. The molecule has 0 radical (unpaired) electrons. The zero-order valence-corrected chi connectivity index (χ0v) is 21.8. The van der Waals surface area contributed by atoms with Gasteiger partial charge in [-0.2, -0.15) is 5.26 Å². The van der Waals surface area contributed by atoms with Crippen molar-refractivity contribution >= 4 is 39.5 Å². The van der Waals surface area contributed by atoms with Crippen LogP contribution in [0.5, 0.6) is 11.5 Å². The molecule has 184 valence electrons. The van der Waals surface area contributed by atoms with Crippen molar-refractivity contribution in [1.82, 2.24) is 5.32 Å². The molecule has 7 nitrogen and oxygen atoms in total. The number of ether oxygens (including phenoxy) is 2. The van der Waals surface area contributed by atoms with Crippen LogP contribution in [-0.4, -0.2) is 25.5 Å². The van der Waals surface area contributed by atoms with E-state index in [9.17, 15) is 14.9 Å². The Kier molecular flexibility index (Phi) is 9.25. The highest BCUT2D eigenvalue weighted by Gasteiger charge is 2.17. The molecule has 0 bridgehead atoms. The van der Waals surface area contributed by atoms with Gasteiger partial charge >= 0.3 is 0 Å². The predicted octanol–water partition coefficient (Wildman–Crippen LogP) is 5.57. The maximum Gasteiger partial charge on any atom is 0.262 e. The van der Waals surface area contributed by atoms with E-state index in [2.05, 4.69) is 26.6 Å². The molecule has 2 amide bonds. The van der Waals surface area contributed by atoms with Crippen LogP contribution in [0, 0.1) is 18.3 Å². The van der Waals surface area contributed by atoms with E-state index in [0.717, 1.165) is 11.1 Å². The lowest BCUT2D eigenvalue weighted by Gasteiger charge is -2.15. The van der Waals surface area contributed by atoms with Crippen LogP contribution in [0.1, 0.15) is 29.7 Å². The lowest BCUT2D eigenvalue weighted by atomic mass is 10.1. The van der Waals surface area contributed by atoms with Crippen LogP contribution in [0.3, 0.4) is 0 Å². The molecule has 1 atom stereocenters. The molecule has 0 saturated carbocycles. The summed E-state index contributed by atoms with van der Waals surface area (Å²) in [5.74, 6) is -0.145. The fourth-order valence-electron chi connectivity index (χ4n) is 3.35. The average molecular weight is 548 g/mol. The minimum Gasteiger partial charge on any atom is -0.493 e. The van der Waals surface area contributed by atoms with E-state index >= 15 is 0 Å². The van der Waals surface area contributed by atoms with E-state index in [4.69, 9.17) is 9.47 Å². The third kappa shape index (κ3) is 7.20. The molecule has 0 saturated heterocycles. The third-order valence-electron chi connectivity index (χ3n) is 5.26. The highest BCUT2D eigenvalue weighted by Crippen LogP contribution is 2.37. The second-order valence-electron chi connectivity index (χ2n) is 8.01. The quantitative estimate of drug-likeness (QED) is 0.269. The van der Waals surface area contributed by atoms with Gasteiger partial charge in [-0.3, -0.25) is 9.59 Å². The van der Waals surface area contributed by atoms with E-state index in [1.165, 1.54) is 13.2 Å². The number of aryl methyl sites for hydroxylation is 1. The molecule has 2 N–H and O–H groups in total. The summed E-state index contributed by atoms with van der Waals surface area (Å²) in [6, 6.07) is 21.9. The van der Waals surface area contributed by atoms with Gasteiger partial charge in [-0.05, 0) is 71.2 Å². The van der Waals surface area contributed by atoms with Crippen LogP contribution in [0.2, 0.25) is 0 Å². The molecule has 0 fully saturated rings. The Morgan fingerprint density at radius 2 is 1.81 bits per heavy atom. The first-order valence-corrected chi connectivity index (χ1v) is 11.9. The average Bonchev–Trinajstić information content (AvgIpc) is 2.88. The largest absolute Gasteiger partial charge is 0.493 e. The van der Waals surface area contributed by atoms with Crippen molar-refractivity contribution < 1.29 is 19.1 Å². The number of carbonyl (C=O) groups is 2. The number of carbonyl (C=O) groups excluding carboxylic acids is 2. The monoisotopic (exact) mass is 547 g/mol. The lowest BCUT2D eigenvalue weighted by Crippen LogP contribution is -2.27. The number of anilines is 1. The molecule has 0 aliphatic rings. The number of nitrogens with one attached hydrogen (secondary N) is 2. The first-order valence-electron chi connectivity index (χ1n) is 11.1. The molecular formula is C28H26BrN3O4. The Morgan fingerprint density at radius 1 is 1.11 bits per heavy atom. The molecule has 0 unspecified atom stereocenters. The molecule has 0 aliphatic carbocycles. The maximum atomic E-state index is 12.7. The number of methoxy groups -OCH3 is 1. The fraction of sp³-hybridized carbons (Fsp3) is 0.179. The molecule has 3 aromatic carbocycles. The summed E-state index contributed by atoms with van der Waals surface area (Å²) in [7, 11) is 1.47. The molecule has 0 spiro atoms. The van der Waals surface area contributed by atoms with Gasteiger partial charge in [-0.15, -0.1) is 0 Å². The number of rotatable bonds is 9. The van der Waals surface area contributed by atoms with Crippen LogP contribution >= 0.6 is 15.9 Å². The Morgan fingerprint density at radius 3 is 2.44 bits per heavy atom. The topological polar surface area (TPSA) is 100 Å². The molecular weight excluding hydrogens is 522 g/mol. The van der Waals surface area contributed by atoms with Crippen molar-refractivity contribution in [2.24, 2.45) is 0 Å². The zero-order valence-electron chi connectivity index (χ0n) is 20.2. The van der Waals surface area contributed by atoms with Crippen molar-refractivity contribution in [3.05, 3.63) is 93.5 Å². The summed E-state index contributed by atoms with van der Waals surface area (Å²) in [5, 5.41) is 15.2. The molecule has 8 heteroatoms. The van der Waals surface area contributed by atoms with Gasteiger partial charge in [-0.25, -0.2) is 0 Å². The summed E-state index contributed by atoms with van der Waals surface area (Å²) in [4.78, 5) is 25.0. The van der Waals surface area contributed by atoms with Crippen molar-refractivity contribution in [2.75, 3.05) is 19.0 Å². The Bertz CT molecular complexity index is 1300. The van der Waals surface area contributed by atoms with E-state index in [-0.39, 0.29) is 24.1 Å². The van der Waals surface area contributed by atoms with Crippen molar-refractivity contribution in [2.45, 2.75) is 19.9 Å². The number of hydrogen-bond donors (Lipinski definition) is 2.